The molecule has 0 spiro atoms. The number of nitrogens with two attached hydrogens (primary N) is 1. The molecule has 1 unspecified atom stereocenters. The second-order valence-electron chi connectivity index (χ2n) is 4.22. The van der Waals surface area contributed by atoms with Gasteiger partial charge in [0.2, 0.25) is 5.91 Å². The monoisotopic (exact) mass is 259 g/mol. The van der Waals surface area contributed by atoms with Gasteiger partial charge < -0.3 is 21.5 Å². The lowest BCUT2D eigenvalue weighted by atomic mass is 10.1. The second-order valence-corrected chi connectivity index (χ2v) is 4.22. The number of nitrogens with one attached hydrogen (secondary N) is 2. The third kappa shape index (κ3) is 7.48. The van der Waals surface area contributed by atoms with E-state index in [0.29, 0.717) is 12.8 Å². The minimum absolute atomic E-state index is 0.0140. The number of carboxylic acids is 1. The summed E-state index contributed by atoms with van der Waals surface area (Å²) >= 11 is 0. The van der Waals surface area contributed by atoms with Gasteiger partial charge >= 0.3 is 12.0 Å². The first-order valence-electron chi connectivity index (χ1n) is 5.95. The van der Waals surface area contributed by atoms with Gasteiger partial charge in [0.05, 0.1) is 0 Å². The zero-order valence-corrected chi connectivity index (χ0v) is 10.7. The van der Waals surface area contributed by atoms with Crippen molar-refractivity contribution in [1.82, 2.24) is 10.6 Å². The average Bonchev–Trinajstić information content (AvgIpc) is 2.22. The lowest BCUT2D eigenvalue weighted by Gasteiger charge is -2.17. The lowest BCUT2D eigenvalue weighted by Crippen LogP contribution is -2.49. The van der Waals surface area contributed by atoms with Crippen molar-refractivity contribution < 1.29 is 19.5 Å². The van der Waals surface area contributed by atoms with Gasteiger partial charge in [-0.3, -0.25) is 4.79 Å². The Bertz CT molecular complexity index is 307. The van der Waals surface area contributed by atoms with E-state index in [1.165, 1.54) is 0 Å². The van der Waals surface area contributed by atoms with Crippen LogP contribution in [0.15, 0.2) is 0 Å². The van der Waals surface area contributed by atoms with Gasteiger partial charge in [0.25, 0.3) is 0 Å². The van der Waals surface area contributed by atoms with E-state index in [1.807, 2.05) is 6.92 Å². The van der Waals surface area contributed by atoms with E-state index >= 15 is 0 Å². The second kappa shape index (κ2) is 8.32. The van der Waals surface area contributed by atoms with E-state index in [-0.39, 0.29) is 6.42 Å². The van der Waals surface area contributed by atoms with Gasteiger partial charge in [-0.2, -0.15) is 0 Å². The van der Waals surface area contributed by atoms with Crippen LogP contribution in [0.25, 0.3) is 0 Å². The number of unbranched alkanes of at least 4 members (excludes halogenated alkanes) is 1. The molecule has 5 N–H and O–H groups in total. The summed E-state index contributed by atoms with van der Waals surface area (Å²) in [5.41, 5.74) is 4.98. The van der Waals surface area contributed by atoms with Crippen molar-refractivity contribution in [2.24, 2.45) is 5.73 Å². The van der Waals surface area contributed by atoms with E-state index in [9.17, 15) is 14.4 Å². The van der Waals surface area contributed by atoms with Crippen molar-refractivity contribution in [2.45, 2.75) is 51.6 Å². The molecule has 104 valence electrons. The van der Waals surface area contributed by atoms with Crippen LogP contribution in [0.5, 0.6) is 0 Å². The summed E-state index contributed by atoms with van der Waals surface area (Å²) in [7, 11) is 0. The number of hydrogen-bond acceptors (Lipinski definition) is 3. The quantitative estimate of drug-likeness (QED) is 0.497. The van der Waals surface area contributed by atoms with Crippen molar-refractivity contribution in [3.05, 3.63) is 0 Å². The van der Waals surface area contributed by atoms with Crippen LogP contribution in [0.1, 0.15) is 39.5 Å². The molecule has 3 amide bonds. The van der Waals surface area contributed by atoms with Crippen LogP contribution in [0.2, 0.25) is 0 Å². The van der Waals surface area contributed by atoms with Gasteiger partial charge in [-0.1, -0.05) is 19.8 Å². The molecule has 0 aliphatic heterocycles. The summed E-state index contributed by atoms with van der Waals surface area (Å²) in [5.74, 6) is -1.59. The molecule has 0 saturated carbocycles. The standard InChI is InChI=1S/C11H21N3O4/c1-3-4-5-8(10(16)17)14-11(18)13-7(2)6-9(12)15/h7-8H,3-6H2,1-2H3,(H2,12,15)(H,16,17)(H2,13,14,18)/t7?,8-/m0/s1. The van der Waals surface area contributed by atoms with Crippen LogP contribution < -0.4 is 16.4 Å². The highest BCUT2D eigenvalue weighted by atomic mass is 16.4. The van der Waals surface area contributed by atoms with E-state index in [1.54, 1.807) is 6.92 Å². The van der Waals surface area contributed by atoms with Crippen molar-refractivity contribution in [1.29, 1.82) is 0 Å². The molecular formula is C11H21N3O4. The fraction of sp³-hybridized carbons (Fsp3) is 0.727. The molecule has 0 saturated heterocycles. The van der Waals surface area contributed by atoms with Crippen LogP contribution >= 0.6 is 0 Å². The van der Waals surface area contributed by atoms with Crippen LogP contribution in [0.3, 0.4) is 0 Å². The topological polar surface area (TPSA) is 122 Å². The highest BCUT2D eigenvalue weighted by Crippen LogP contribution is 2.01. The Morgan fingerprint density at radius 1 is 1.28 bits per heavy atom. The van der Waals surface area contributed by atoms with E-state index in [2.05, 4.69) is 10.6 Å². The maximum atomic E-state index is 11.5. The summed E-state index contributed by atoms with van der Waals surface area (Å²) in [4.78, 5) is 33.0. The Kier molecular flexibility index (Phi) is 7.50. The first kappa shape index (κ1) is 16.2. The van der Waals surface area contributed by atoms with Gasteiger partial charge in [0, 0.05) is 12.5 Å². The van der Waals surface area contributed by atoms with Gasteiger partial charge in [0.15, 0.2) is 0 Å². The Morgan fingerprint density at radius 2 is 1.89 bits per heavy atom. The molecule has 0 aromatic carbocycles. The van der Waals surface area contributed by atoms with Crippen molar-refractivity contribution in [3.63, 3.8) is 0 Å². The predicted molar refractivity (Wildman–Crippen MR) is 65.9 cm³/mol. The molecule has 0 aromatic heterocycles. The number of amides is 3. The predicted octanol–water partition coefficient (Wildman–Crippen LogP) is 0.193. The molecule has 0 heterocycles. The Morgan fingerprint density at radius 3 is 2.33 bits per heavy atom. The number of carbonyl (C=O) groups excluding carboxylic acids is 2. The summed E-state index contributed by atoms with van der Waals surface area (Å²) in [6.07, 6.45) is 1.96. The van der Waals surface area contributed by atoms with Gasteiger partial charge in [-0.15, -0.1) is 0 Å². The van der Waals surface area contributed by atoms with Crippen LogP contribution in [0, 0.1) is 0 Å². The van der Waals surface area contributed by atoms with Crippen molar-refractivity contribution in [2.75, 3.05) is 0 Å². The van der Waals surface area contributed by atoms with Gasteiger partial charge in [0.1, 0.15) is 6.04 Å². The first-order chi connectivity index (χ1) is 8.36. The molecule has 0 rings (SSSR count). The van der Waals surface area contributed by atoms with Crippen molar-refractivity contribution in [3.8, 4) is 0 Å². The van der Waals surface area contributed by atoms with E-state index < -0.39 is 30.0 Å². The molecule has 7 heteroatoms. The maximum absolute atomic E-state index is 11.5. The molecule has 0 fully saturated rings. The number of carbonyl (C=O) groups is 3. The zero-order chi connectivity index (χ0) is 14.1. The Labute approximate surface area is 106 Å². The number of carboxylic acid groups (broad SMARTS) is 1. The minimum atomic E-state index is -1.07. The summed E-state index contributed by atoms with van der Waals surface area (Å²) in [6, 6.07) is -1.94. The average molecular weight is 259 g/mol. The number of hydrogen-bond donors (Lipinski definition) is 4. The molecule has 0 radical (unpaired) electrons. The SMILES string of the molecule is CCCC[C@H](NC(=O)NC(C)CC(N)=O)C(=O)O. The number of primary amides is 1. The molecule has 0 bridgehead atoms. The number of aliphatic carboxylic acids is 1. The van der Waals surface area contributed by atoms with E-state index in [4.69, 9.17) is 10.8 Å². The normalized spacial score (nSPS) is 13.4. The molecule has 2 atom stereocenters. The van der Waals surface area contributed by atoms with Gasteiger partial charge in [-0.25, -0.2) is 9.59 Å². The Balaban J connectivity index is 4.16. The molecular weight excluding hydrogens is 238 g/mol. The van der Waals surface area contributed by atoms with Crippen LogP contribution in [-0.4, -0.2) is 35.1 Å². The molecule has 0 aromatic rings. The van der Waals surface area contributed by atoms with Crippen molar-refractivity contribution >= 4 is 17.9 Å². The number of urea groups is 1. The van der Waals surface area contributed by atoms with Gasteiger partial charge in [-0.05, 0) is 13.3 Å². The maximum Gasteiger partial charge on any atom is 0.326 e. The summed E-state index contributed by atoms with van der Waals surface area (Å²) in [5, 5.41) is 13.7. The van der Waals surface area contributed by atoms with Crippen LogP contribution in [-0.2, 0) is 9.59 Å². The Hall–Kier alpha value is -1.79. The first-order valence-corrected chi connectivity index (χ1v) is 5.95. The lowest BCUT2D eigenvalue weighted by molar-refractivity contribution is -0.139. The fourth-order valence-corrected chi connectivity index (χ4v) is 1.44. The highest BCUT2D eigenvalue weighted by molar-refractivity contribution is 5.83. The molecule has 0 aliphatic carbocycles. The largest absolute Gasteiger partial charge is 0.480 e. The molecule has 18 heavy (non-hydrogen) atoms. The smallest absolute Gasteiger partial charge is 0.326 e. The molecule has 0 aliphatic rings. The zero-order valence-electron chi connectivity index (χ0n) is 10.7. The fourth-order valence-electron chi connectivity index (χ4n) is 1.44. The number of rotatable bonds is 8. The van der Waals surface area contributed by atoms with E-state index in [0.717, 1.165) is 6.42 Å². The highest BCUT2D eigenvalue weighted by Gasteiger charge is 2.20. The van der Waals surface area contributed by atoms with Crippen LogP contribution in [0.4, 0.5) is 4.79 Å². The summed E-state index contributed by atoms with van der Waals surface area (Å²) in [6.45, 7) is 3.56. The molecule has 7 nitrogen and oxygen atoms in total. The third-order valence-corrected chi connectivity index (χ3v) is 2.33. The minimum Gasteiger partial charge on any atom is -0.480 e. The summed E-state index contributed by atoms with van der Waals surface area (Å²) < 4.78 is 0. The third-order valence-electron chi connectivity index (χ3n) is 2.33.